The maximum Gasteiger partial charge on any atom is 0.323 e. The van der Waals surface area contributed by atoms with Crippen LogP contribution in [0.1, 0.15) is 27.6 Å². The van der Waals surface area contributed by atoms with Crippen LogP contribution in [0.2, 0.25) is 0 Å². The van der Waals surface area contributed by atoms with Crippen molar-refractivity contribution in [1.29, 1.82) is 0 Å². The van der Waals surface area contributed by atoms with Gasteiger partial charge in [-0.2, -0.15) is 0 Å². The number of benzene rings is 2. The molecule has 1 N–H and O–H groups in total. The molecule has 1 aliphatic rings. The van der Waals surface area contributed by atoms with Gasteiger partial charge in [0.25, 0.3) is 0 Å². The van der Waals surface area contributed by atoms with E-state index in [1.807, 2.05) is 47.9 Å². The van der Waals surface area contributed by atoms with Crippen molar-refractivity contribution in [2.75, 3.05) is 17.6 Å². The molecule has 2 amide bonds. The Morgan fingerprint density at radius 3 is 2.65 bits per heavy atom. The van der Waals surface area contributed by atoms with E-state index >= 15 is 0 Å². The Morgan fingerprint density at radius 1 is 1.13 bits per heavy atom. The second-order valence-corrected chi connectivity index (χ2v) is 7.21. The van der Waals surface area contributed by atoms with E-state index in [2.05, 4.69) is 37.4 Å². The van der Waals surface area contributed by atoms with Crippen LogP contribution in [0.15, 0.2) is 42.5 Å². The number of rotatable bonds is 2. The summed E-state index contributed by atoms with van der Waals surface area (Å²) >= 11 is 1.83. The highest BCUT2D eigenvalue weighted by molar-refractivity contribution is 7.99. The summed E-state index contributed by atoms with van der Waals surface area (Å²) in [5, 5.41) is 3.15. The van der Waals surface area contributed by atoms with E-state index in [-0.39, 0.29) is 11.4 Å². The summed E-state index contributed by atoms with van der Waals surface area (Å²) in [6.07, 6.45) is 0. The van der Waals surface area contributed by atoms with Crippen molar-refractivity contribution in [3.63, 3.8) is 0 Å². The van der Waals surface area contributed by atoms with Gasteiger partial charge in [0.1, 0.15) is 5.37 Å². The molecule has 4 heteroatoms. The van der Waals surface area contributed by atoms with Gasteiger partial charge in [0.2, 0.25) is 0 Å². The van der Waals surface area contributed by atoms with Gasteiger partial charge in [-0.3, -0.25) is 0 Å². The van der Waals surface area contributed by atoms with E-state index in [4.69, 9.17) is 0 Å². The largest absolute Gasteiger partial charge is 0.323 e. The number of nitrogens with one attached hydrogen (secondary N) is 1. The smallest absolute Gasteiger partial charge is 0.308 e. The molecule has 2 aromatic rings. The third-order valence-corrected chi connectivity index (χ3v) is 5.47. The van der Waals surface area contributed by atoms with Gasteiger partial charge < -0.3 is 10.2 Å². The highest BCUT2D eigenvalue weighted by Gasteiger charge is 2.31. The Hall–Kier alpha value is -1.94. The summed E-state index contributed by atoms with van der Waals surface area (Å²) in [4.78, 5) is 14.7. The lowest BCUT2D eigenvalue weighted by Crippen LogP contribution is -2.34. The van der Waals surface area contributed by atoms with Crippen LogP contribution >= 0.6 is 11.8 Å². The average Bonchev–Trinajstić information content (AvgIpc) is 2.99. The zero-order valence-electron chi connectivity index (χ0n) is 13.8. The monoisotopic (exact) mass is 326 g/mol. The third kappa shape index (κ3) is 3.37. The summed E-state index contributed by atoms with van der Waals surface area (Å²) in [6, 6.07) is 14.3. The lowest BCUT2D eigenvalue weighted by atomic mass is 10.1. The Morgan fingerprint density at radius 2 is 1.91 bits per heavy atom. The SMILES string of the molecule is Cc1ccc([C@H]2SCCN2C(=O)Nc2ccccc2C)c(C)c1. The maximum atomic E-state index is 12.7. The van der Waals surface area contributed by atoms with E-state index in [1.54, 1.807) is 0 Å². The number of anilines is 1. The summed E-state index contributed by atoms with van der Waals surface area (Å²) < 4.78 is 0. The molecule has 1 aliphatic heterocycles. The number of aryl methyl sites for hydroxylation is 3. The number of carbonyl (C=O) groups is 1. The van der Waals surface area contributed by atoms with Crippen molar-refractivity contribution >= 4 is 23.5 Å². The van der Waals surface area contributed by atoms with Crippen molar-refractivity contribution in [3.8, 4) is 0 Å². The van der Waals surface area contributed by atoms with Gasteiger partial charge in [-0.25, -0.2) is 4.79 Å². The predicted octanol–water partition coefficient (Wildman–Crippen LogP) is 4.89. The van der Waals surface area contributed by atoms with E-state index in [1.165, 1.54) is 16.7 Å². The van der Waals surface area contributed by atoms with Gasteiger partial charge in [0.15, 0.2) is 0 Å². The number of amides is 2. The van der Waals surface area contributed by atoms with Gasteiger partial charge in [-0.05, 0) is 43.5 Å². The Bertz CT molecular complexity index is 729. The highest BCUT2D eigenvalue weighted by Crippen LogP contribution is 2.39. The van der Waals surface area contributed by atoms with Crippen LogP contribution in [-0.2, 0) is 0 Å². The minimum absolute atomic E-state index is 0.0192. The highest BCUT2D eigenvalue weighted by atomic mass is 32.2. The topological polar surface area (TPSA) is 32.3 Å². The Balaban J connectivity index is 1.81. The second-order valence-electron chi connectivity index (χ2n) is 6.02. The third-order valence-electron chi connectivity index (χ3n) is 4.23. The zero-order valence-corrected chi connectivity index (χ0v) is 14.6. The molecule has 0 spiro atoms. The molecule has 3 rings (SSSR count). The molecule has 0 bridgehead atoms. The first kappa shape index (κ1) is 15.9. The molecular formula is C19H22N2OS. The normalized spacial score (nSPS) is 17.3. The minimum Gasteiger partial charge on any atom is -0.308 e. The van der Waals surface area contributed by atoms with Gasteiger partial charge in [0.05, 0.1) is 0 Å². The molecular weight excluding hydrogens is 304 g/mol. The minimum atomic E-state index is -0.0192. The molecule has 23 heavy (non-hydrogen) atoms. The molecule has 0 unspecified atom stereocenters. The molecule has 0 radical (unpaired) electrons. The fourth-order valence-electron chi connectivity index (χ4n) is 2.94. The van der Waals surface area contributed by atoms with Gasteiger partial charge in [-0.15, -0.1) is 11.8 Å². The second kappa shape index (κ2) is 6.67. The first-order valence-corrected chi connectivity index (χ1v) is 8.93. The van der Waals surface area contributed by atoms with E-state index < -0.39 is 0 Å². The average molecular weight is 326 g/mol. The standard InChI is InChI=1S/C19H22N2OS/c1-13-8-9-16(15(3)12-13)18-21(10-11-23-18)19(22)20-17-7-5-4-6-14(17)2/h4-9,12,18H,10-11H2,1-3H3,(H,20,22)/t18-/m1/s1. The molecule has 0 saturated carbocycles. The molecule has 120 valence electrons. The molecule has 0 aromatic heterocycles. The van der Waals surface area contributed by atoms with Crippen LogP contribution in [0.4, 0.5) is 10.5 Å². The number of thioether (sulfide) groups is 1. The van der Waals surface area contributed by atoms with Crippen LogP contribution in [0.3, 0.4) is 0 Å². The van der Waals surface area contributed by atoms with Crippen molar-refractivity contribution in [2.24, 2.45) is 0 Å². The summed E-state index contributed by atoms with van der Waals surface area (Å²) in [5.74, 6) is 0.971. The number of para-hydroxylation sites is 1. The first-order chi connectivity index (χ1) is 11.1. The summed E-state index contributed by atoms with van der Waals surface area (Å²) in [5.41, 5.74) is 5.70. The van der Waals surface area contributed by atoms with E-state index in [9.17, 15) is 4.79 Å². The number of urea groups is 1. The molecule has 2 aromatic carbocycles. The van der Waals surface area contributed by atoms with Crippen molar-refractivity contribution in [2.45, 2.75) is 26.1 Å². The van der Waals surface area contributed by atoms with Gasteiger partial charge in [0, 0.05) is 18.0 Å². The van der Waals surface area contributed by atoms with Gasteiger partial charge in [-0.1, -0.05) is 42.0 Å². The number of carbonyl (C=O) groups excluding carboxylic acids is 1. The molecule has 1 fully saturated rings. The van der Waals surface area contributed by atoms with Crippen LogP contribution < -0.4 is 5.32 Å². The Labute approximate surface area is 142 Å². The molecule has 1 atom stereocenters. The fourth-order valence-corrected chi connectivity index (χ4v) is 4.29. The van der Waals surface area contributed by atoms with E-state index in [0.717, 1.165) is 23.5 Å². The van der Waals surface area contributed by atoms with Crippen molar-refractivity contribution < 1.29 is 4.79 Å². The lowest BCUT2D eigenvalue weighted by Gasteiger charge is -2.26. The molecule has 1 saturated heterocycles. The lowest BCUT2D eigenvalue weighted by molar-refractivity contribution is 0.214. The summed E-state index contributed by atoms with van der Waals surface area (Å²) in [7, 11) is 0. The molecule has 0 aliphatic carbocycles. The van der Waals surface area contributed by atoms with E-state index in [0.29, 0.717) is 0 Å². The molecule has 3 nitrogen and oxygen atoms in total. The zero-order chi connectivity index (χ0) is 16.4. The quantitative estimate of drug-likeness (QED) is 0.852. The van der Waals surface area contributed by atoms with Crippen molar-refractivity contribution in [1.82, 2.24) is 4.90 Å². The predicted molar refractivity (Wildman–Crippen MR) is 98.0 cm³/mol. The maximum absolute atomic E-state index is 12.7. The number of nitrogens with zero attached hydrogens (tertiary/aromatic N) is 1. The number of hydrogen-bond donors (Lipinski definition) is 1. The van der Waals surface area contributed by atoms with Crippen LogP contribution in [0, 0.1) is 20.8 Å². The molecule has 1 heterocycles. The Kier molecular flexibility index (Phi) is 4.62. The van der Waals surface area contributed by atoms with Crippen LogP contribution in [-0.4, -0.2) is 23.2 Å². The first-order valence-electron chi connectivity index (χ1n) is 7.88. The van der Waals surface area contributed by atoms with Crippen LogP contribution in [0.5, 0.6) is 0 Å². The fraction of sp³-hybridized carbons (Fsp3) is 0.316. The van der Waals surface area contributed by atoms with Crippen molar-refractivity contribution in [3.05, 3.63) is 64.7 Å². The van der Waals surface area contributed by atoms with Crippen LogP contribution in [0.25, 0.3) is 0 Å². The number of hydrogen-bond acceptors (Lipinski definition) is 2. The summed E-state index contributed by atoms with van der Waals surface area (Å²) in [6.45, 7) is 7.01. The van der Waals surface area contributed by atoms with Gasteiger partial charge >= 0.3 is 6.03 Å².